The standard InChI is InChI=1S/C20H19N5O2/c1-13-22-20(27-24-13)16-9-7-15(8-10-16)19(26)21-11-12-25-14(2)23-17-5-3-4-6-18(17)25/h3-10H,11-12H2,1-2H3,(H,21,26). The lowest BCUT2D eigenvalue weighted by Crippen LogP contribution is -2.27. The molecular weight excluding hydrogens is 342 g/mol. The molecule has 0 fully saturated rings. The highest BCUT2D eigenvalue weighted by Crippen LogP contribution is 2.18. The predicted octanol–water partition coefficient (Wildman–Crippen LogP) is 3.13. The minimum Gasteiger partial charge on any atom is -0.350 e. The summed E-state index contributed by atoms with van der Waals surface area (Å²) in [5.41, 5.74) is 3.41. The molecule has 0 saturated carbocycles. The molecule has 7 nitrogen and oxygen atoms in total. The average molecular weight is 361 g/mol. The van der Waals surface area contributed by atoms with Crippen LogP contribution in [0, 0.1) is 13.8 Å². The van der Waals surface area contributed by atoms with Gasteiger partial charge in [0.25, 0.3) is 11.8 Å². The number of rotatable bonds is 5. The Morgan fingerprint density at radius 3 is 2.59 bits per heavy atom. The van der Waals surface area contributed by atoms with E-state index in [0.29, 0.717) is 30.4 Å². The van der Waals surface area contributed by atoms with Gasteiger partial charge in [-0.25, -0.2) is 4.98 Å². The molecule has 0 radical (unpaired) electrons. The zero-order valence-electron chi connectivity index (χ0n) is 15.1. The zero-order valence-corrected chi connectivity index (χ0v) is 15.1. The SMILES string of the molecule is Cc1noc(-c2ccc(C(=O)NCCn3c(C)nc4ccccc43)cc2)n1. The van der Waals surface area contributed by atoms with E-state index in [0.717, 1.165) is 22.4 Å². The molecule has 27 heavy (non-hydrogen) atoms. The summed E-state index contributed by atoms with van der Waals surface area (Å²) in [5, 5.41) is 6.72. The van der Waals surface area contributed by atoms with E-state index < -0.39 is 0 Å². The van der Waals surface area contributed by atoms with Gasteiger partial charge in [-0.1, -0.05) is 17.3 Å². The smallest absolute Gasteiger partial charge is 0.257 e. The largest absolute Gasteiger partial charge is 0.350 e. The van der Waals surface area contributed by atoms with Crippen LogP contribution in [0.2, 0.25) is 0 Å². The lowest BCUT2D eigenvalue weighted by molar-refractivity contribution is 0.0952. The molecule has 0 aliphatic rings. The fourth-order valence-corrected chi connectivity index (χ4v) is 3.04. The zero-order chi connectivity index (χ0) is 18.8. The van der Waals surface area contributed by atoms with Crippen LogP contribution in [0.25, 0.3) is 22.5 Å². The third kappa shape index (κ3) is 3.44. The van der Waals surface area contributed by atoms with Crippen molar-refractivity contribution in [2.24, 2.45) is 0 Å². The number of nitrogens with zero attached hydrogens (tertiary/aromatic N) is 4. The molecule has 0 atom stereocenters. The van der Waals surface area contributed by atoms with Gasteiger partial charge < -0.3 is 14.4 Å². The second-order valence-electron chi connectivity index (χ2n) is 6.28. The first-order valence-electron chi connectivity index (χ1n) is 8.72. The van der Waals surface area contributed by atoms with Crippen LogP contribution in [-0.2, 0) is 6.54 Å². The number of benzene rings is 2. The van der Waals surface area contributed by atoms with E-state index in [2.05, 4.69) is 25.0 Å². The summed E-state index contributed by atoms with van der Waals surface area (Å²) >= 11 is 0. The number of carbonyl (C=O) groups excluding carboxylic acids is 1. The molecule has 4 rings (SSSR count). The quantitative estimate of drug-likeness (QED) is 0.590. The minimum atomic E-state index is -0.120. The molecule has 1 N–H and O–H groups in total. The van der Waals surface area contributed by atoms with Crippen LogP contribution in [0.15, 0.2) is 53.1 Å². The summed E-state index contributed by atoms with van der Waals surface area (Å²) in [4.78, 5) is 21.1. The van der Waals surface area contributed by atoms with E-state index >= 15 is 0 Å². The Kier molecular flexibility index (Phi) is 4.42. The topological polar surface area (TPSA) is 85.8 Å². The molecule has 4 aromatic rings. The Morgan fingerprint density at radius 2 is 1.85 bits per heavy atom. The summed E-state index contributed by atoms with van der Waals surface area (Å²) in [6, 6.07) is 15.1. The Morgan fingerprint density at radius 1 is 1.07 bits per heavy atom. The first-order chi connectivity index (χ1) is 13.1. The molecule has 2 aromatic heterocycles. The van der Waals surface area contributed by atoms with Gasteiger partial charge >= 0.3 is 0 Å². The number of amides is 1. The van der Waals surface area contributed by atoms with Crippen LogP contribution in [0.5, 0.6) is 0 Å². The number of hydrogen-bond donors (Lipinski definition) is 1. The fraction of sp³-hybridized carbons (Fsp3) is 0.200. The van der Waals surface area contributed by atoms with Gasteiger partial charge in [-0.15, -0.1) is 0 Å². The summed E-state index contributed by atoms with van der Waals surface area (Å²) in [5.74, 6) is 1.84. The van der Waals surface area contributed by atoms with Crippen LogP contribution in [0.4, 0.5) is 0 Å². The molecule has 0 bridgehead atoms. The fourth-order valence-electron chi connectivity index (χ4n) is 3.04. The van der Waals surface area contributed by atoms with Gasteiger partial charge in [0, 0.05) is 24.2 Å². The summed E-state index contributed by atoms with van der Waals surface area (Å²) < 4.78 is 7.24. The number of hydrogen-bond acceptors (Lipinski definition) is 5. The Hall–Kier alpha value is -3.48. The maximum atomic E-state index is 12.4. The van der Waals surface area contributed by atoms with Gasteiger partial charge in [0.1, 0.15) is 5.82 Å². The molecule has 0 saturated heterocycles. The highest BCUT2D eigenvalue weighted by Gasteiger charge is 2.10. The number of aryl methyl sites for hydroxylation is 2. The molecule has 2 heterocycles. The van der Waals surface area contributed by atoms with Crippen molar-refractivity contribution >= 4 is 16.9 Å². The summed E-state index contributed by atoms with van der Waals surface area (Å²) in [6.45, 7) is 4.92. The second-order valence-corrected chi connectivity index (χ2v) is 6.28. The van der Waals surface area contributed by atoms with Gasteiger partial charge in [-0.2, -0.15) is 4.98 Å². The summed E-state index contributed by atoms with van der Waals surface area (Å²) in [6.07, 6.45) is 0. The number of carbonyl (C=O) groups is 1. The number of nitrogens with one attached hydrogen (secondary N) is 1. The van der Waals surface area contributed by atoms with Gasteiger partial charge in [0.15, 0.2) is 5.82 Å². The first kappa shape index (κ1) is 17.0. The summed E-state index contributed by atoms with van der Waals surface area (Å²) in [7, 11) is 0. The Labute approximate surface area is 156 Å². The second kappa shape index (κ2) is 7.03. The number of imidazole rings is 1. The lowest BCUT2D eigenvalue weighted by atomic mass is 10.1. The normalized spacial score (nSPS) is 11.0. The third-order valence-electron chi connectivity index (χ3n) is 4.39. The van der Waals surface area contributed by atoms with Crippen LogP contribution in [-0.4, -0.2) is 32.1 Å². The van der Waals surface area contributed by atoms with Crippen molar-refractivity contribution in [1.82, 2.24) is 25.0 Å². The molecule has 7 heteroatoms. The average Bonchev–Trinajstić information content (AvgIpc) is 3.25. The number of para-hydroxylation sites is 2. The third-order valence-corrected chi connectivity index (χ3v) is 4.39. The van der Waals surface area contributed by atoms with Crippen molar-refractivity contribution in [2.45, 2.75) is 20.4 Å². The highest BCUT2D eigenvalue weighted by atomic mass is 16.5. The van der Waals surface area contributed by atoms with Gasteiger partial charge in [-0.3, -0.25) is 4.79 Å². The van der Waals surface area contributed by atoms with E-state index in [1.165, 1.54) is 0 Å². The Bertz CT molecular complexity index is 1100. The molecule has 0 aliphatic carbocycles. The molecule has 0 aliphatic heterocycles. The van der Waals surface area contributed by atoms with Gasteiger partial charge in [0.05, 0.1) is 11.0 Å². The van der Waals surface area contributed by atoms with E-state index in [9.17, 15) is 4.79 Å². The molecule has 1 amide bonds. The maximum Gasteiger partial charge on any atom is 0.257 e. The van der Waals surface area contributed by atoms with Gasteiger partial charge in [0.2, 0.25) is 0 Å². The van der Waals surface area contributed by atoms with E-state index in [1.54, 1.807) is 31.2 Å². The monoisotopic (exact) mass is 361 g/mol. The van der Waals surface area contributed by atoms with Crippen LogP contribution in [0.1, 0.15) is 22.0 Å². The first-order valence-corrected chi connectivity index (χ1v) is 8.72. The molecule has 0 unspecified atom stereocenters. The Balaban J connectivity index is 1.40. The van der Waals surface area contributed by atoms with Crippen molar-refractivity contribution in [2.75, 3.05) is 6.54 Å². The molecular formula is C20H19N5O2. The van der Waals surface area contributed by atoms with Crippen LogP contribution < -0.4 is 5.32 Å². The molecule has 2 aromatic carbocycles. The molecule has 0 spiro atoms. The maximum absolute atomic E-state index is 12.4. The van der Waals surface area contributed by atoms with Crippen molar-refractivity contribution < 1.29 is 9.32 Å². The number of fused-ring (bicyclic) bond motifs is 1. The van der Waals surface area contributed by atoms with Gasteiger partial charge in [-0.05, 0) is 50.2 Å². The number of aromatic nitrogens is 4. The highest BCUT2D eigenvalue weighted by molar-refractivity contribution is 5.94. The minimum absolute atomic E-state index is 0.120. The van der Waals surface area contributed by atoms with Crippen LogP contribution >= 0.6 is 0 Å². The molecule has 136 valence electrons. The van der Waals surface area contributed by atoms with Crippen molar-refractivity contribution in [3.8, 4) is 11.5 Å². The van der Waals surface area contributed by atoms with E-state index in [-0.39, 0.29) is 5.91 Å². The van der Waals surface area contributed by atoms with Crippen molar-refractivity contribution in [3.63, 3.8) is 0 Å². The van der Waals surface area contributed by atoms with E-state index in [1.807, 2.05) is 31.2 Å². The van der Waals surface area contributed by atoms with Crippen molar-refractivity contribution in [3.05, 3.63) is 65.7 Å². The van der Waals surface area contributed by atoms with Crippen molar-refractivity contribution in [1.29, 1.82) is 0 Å². The lowest BCUT2D eigenvalue weighted by Gasteiger charge is -2.09. The van der Waals surface area contributed by atoms with E-state index in [4.69, 9.17) is 4.52 Å². The predicted molar refractivity (Wildman–Crippen MR) is 101 cm³/mol. The van der Waals surface area contributed by atoms with Crippen LogP contribution in [0.3, 0.4) is 0 Å².